The lowest BCUT2D eigenvalue weighted by molar-refractivity contribution is -0.119. The number of amides is 2. The van der Waals surface area contributed by atoms with Gasteiger partial charge < -0.3 is 15.4 Å². The van der Waals surface area contributed by atoms with Gasteiger partial charge in [0.25, 0.3) is 11.8 Å². The highest BCUT2D eigenvalue weighted by Crippen LogP contribution is 2.16. The number of aryl methyl sites for hydroxylation is 1. The second-order valence-electron chi connectivity index (χ2n) is 6.32. The molecule has 3 aromatic rings. The van der Waals surface area contributed by atoms with Gasteiger partial charge in [0, 0.05) is 6.54 Å². The van der Waals surface area contributed by atoms with Gasteiger partial charge in [-0.05, 0) is 36.1 Å². The topological polar surface area (TPSA) is 84.5 Å². The first-order valence-corrected chi connectivity index (χ1v) is 9.84. The number of ether oxygens (including phenoxy) is 1. The van der Waals surface area contributed by atoms with Crippen LogP contribution in [-0.2, 0) is 16.1 Å². The van der Waals surface area contributed by atoms with E-state index >= 15 is 0 Å². The van der Waals surface area contributed by atoms with Gasteiger partial charge in [0.2, 0.25) is 0 Å². The summed E-state index contributed by atoms with van der Waals surface area (Å²) in [6, 6.07) is 17.9. The molecule has 29 heavy (non-hydrogen) atoms. The van der Waals surface area contributed by atoms with Crippen molar-refractivity contribution in [2.45, 2.75) is 13.5 Å². The van der Waals surface area contributed by atoms with Gasteiger partial charge in [0.1, 0.15) is 4.88 Å². The van der Waals surface area contributed by atoms with E-state index in [4.69, 9.17) is 4.74 Å². The van der Waals surface area contributed by atoms with Gasteiger partial charge in [-0.1, -0.05) is 48.0 Å². The summed E-state index contributed by atoms with van der Waals surface area (Å²) in [5.41, 5.74) is 2.81. The molecule has 2 aromatic carbocycles. The predicted molar refractivity (Wildman–Crippen MR) is 112 cm³/mol. The Morgan fingerprint density at radius 3 is 2.45 bits per heavy atom. The van der Waals surface area contributed by atoms with E-state index in [1.807, 2.05) is 31.2 Å². The molecule has 0 aliphatic rings. The number of carbonyl (C=O) groups is 3. The average Bonchev–Trinajstić information content (AvgIpc) is 3.27. The number of hydrogen-bond acceptors (Lipinski definition) is 5. The van der Waals surface area contributed by atoms with Crippen LogP contribution in [0.5, 0.6) is 0 Å². The van der Waals surface area contributed by atoms with E-state index < -0.39 is 18.5 Å². The Hall–Kier alpha value is -3.45. The van der Waals surface area contributed by atoms with E-state index in [0.717, 1.165) is 11.1 Å². The summed E-state index contributed by atoms with van der Waals surface area (Å²) in [4.78, 5) is 37.0. The maximum absolute atomic E-state index is 12.6. The minimum atomic E-state index is -0.556. The molecule has 0 saturated carbocycles. The Labute approximate surface area is 172 Å². The minimum absolute atomic E-state index is 0.308. The number of esters is 1. The van der Waals surface area contributed by atoms with Crippen LogP contribution in [0.15, 0.2) is 66.0 Å². The number of anilines is 1. The fourth-order valence-corrected chi connectivity index (χ4v) is 3.17. The summed E-state index contributed by atoms with van der Waals surface area (Å²) in [5.74, 6) is -1.38. The van der Waals surface area contributed by atoms with E-state index in [0.29, 0.717) is 22.7 Å². The molecule has 148 valence electrons. The molecule has 0 aliphatic heterocycles. The van der Waals surface area contributed by atoms with Crippen molar-refractivity contribution in [1.82, 2.24) is 5.32 Å². The smallest absolute Gasteiger partial charge is 0.348 e. The van der Waals surface area contributed by atoms with Crippen molar-refractivity contribution in [2.24, 2.45) is 0 Å². The Balaban J connectivity index is 1.57. The van der Waals surface area contributed by atoms with Crippen molar-refractivity contribution in [1.29, 1.82) is 0 Å². The van der Waals surface area contributed by atoms with Crippen LogP contribution >= 0.6 is 11.3 Å². The van der Waals surface area contributed by atoms with Crippen LogP contribution in [0, 0.1) is 6.92 Å². The lowest BCUT2D eigenvalue weighted by Crippen LogP contribution is -2.26. The van der Waals surface area contributed by atoms with Crippen LogP contribution in [0.25, 0.3) is 0 Å². The molecule has 0 radical (unpaired) electrons. The number of nitrogens with one attached hydrogen (secondary N) is 2. The maximum Gasteiger partial charge on any atom is 0.348 e. The first-order chi connectivity index (χ1) is 14.0. The standard InChI is InChI=1S/C22H20N2O4S/c1-15-8-10-16(11-9-15)13-23-21(26)17-5-2-3-6-18(17)24-20(25)14-28-22(27)19-7-4-12-29-19/h2-12H,13-14H2,1H3,(H,23,26)(H,24,25). The quantitative estimate of drug-likeness (QED) is 0.583. The number of hydrogen-bond donors (Lipinski definition) is 2. The highest BCUT2D eigenvalue weighted by Gasteiger charge is 2.15. The van der Waals surface area contributed by atoms with Crippen LogP contribution in [0.1, 0.15) is 31.2 Å². The van der Waals surface area contributed by atoms with Gasteiger partial charge in [0.15, 0.2) is 6.61 Å². The SMILES string of the molecule is Cc1ccc(CNC(=O)c2ccccc2NC(=O)COC(=O)c2cccs2)cc1. The van der Waals surface area contributed by atoms with Crippen LogP contribution in [0.4, 0.5) is 5.69 Å². The normalized spacial score (nSPS) is 10.2. The maximum atomic E-state index is 12.6. The Morgan fingerprint density at radius 2 is 1.72 bits per heavy atom. The van der Waals surface area contributed by atoms with E-state index in [2.05, 4.69) is 10.6 Å². The summed E-state index contributed by atoms with van der Waals surface area (Å²) in [6.45, 7) is 1.94. The van der Waals surface area contributed by atoms with E-state index in [1.54, 1.807) is 41.8 Å². The van der Waals surface area contributed by atoms with E-state index in [-0.39, 0.29) is 5.91 Å². The van der Waals surface area contributed by atoms with Crippen molar-refractivity contribution in [3.8, 4) is 0 Å². The molecule has 7 heteroatoms. The first-order valence-electron chi connectivity index (χ1n) is 8.96. The third-order valence-electron chi connectivity index (χ3n) is 4.08. The monoisotopic (exact) mass is 408 g/mol. The van der Waals surface area contributed by atoms with Crippen LogP contribution in [-0.4, -0.2) is 24.4 Å². The number of rotatable bonds is 7. The molecule has 1 aromatic heterocycles. The zero-order chi connectivity index (χ0) is 20.6. The highest BCUT2D eigenvalue weighted by molar-refractivity contribution is 7.11. The second kappa shape index (κ2) is 9.66. The van der Waals surface area contributed by atoms with Crippen LogP contribution in [0.3, 0.4) is 0 Å². The highest BCUT2D eigenvalue weighted by atomic mass is 32.1. The molecule has 0 spiro atoms. The summed E-state index contributed by atoms with van der Waals surface area (Å²) >= 11 is 1.24. The molecule has 0 fully saturated rings. The molecule has 0 unspecified atom stereocenters. The summed E-state index contributed by atoms with van der Waals surface area (Å²) in [7, 11) is 0. The molecule has 0 aliphatic carbocycles. The first kappa shape index (κ1) is 20.3. The van der Waals surface area contributed by atoms with Crippen molar-refractivity contribution < 1.29 is 19.1 Å². The van der Waals surface area contributed by atoms with Gasteiger partial charge in [-0.25, -0.2) is 4.79 Å². The van der Waals surface area contributed by atoms with Crippen molar-refractivity contribution in [2.75, 3.05) is 11.9 Å². The lowest BCUT2D eigenvalue weighted by atomic mass is 10.1. The lowest BCUT2D eigenvalue weighted by Gasteiger charge is -2.12. The summed E-state index contributed by atoms with van der Waals surface area (Å²) < 4.78 is 4.99. The van der Waals surface area contributed by atoms with Gasteiger partial charge >= 0.3 is 5.97 Å². The molecule has 2 amide bonds. The average molecular weight is 408 g/mol. The van der Waals surface area contributed by atoms with Crippen LogP contribution in [0.2, 0.25) is 0 Å². The van der Waals surface area contributed by atoms with Gasteiger partial charge in [-0.15, -0.1) is 11.3 Å². The number of carbonyl (C=O) groups excluding carboxylic acids is 3. The summed E-state index contributed by atoms with van der Waals surface area (Å²) in [6.07, 6.45) is 0. The molecule has 0 atom stereocenters. The Morgan fingerprint density at radius 1 is 0.966 bits per heavy atom. The van der Waals surface area contributed by atoms with Gasteiger partial charge in [-0.3, -0.25) is 9.59 Å². The molecule has 6 nitrogen and oxygen atoms in total. The number of para-hydroxylation sites is 1. The molecule has 0 saturated heterocycles. The fourth-order valence-electron chi connectivity index (χ4n) is 2.56. The predicted octanol–water partition coefficient (Wildman–Crippen LogP) is 3.78. The van der Waals surface area contributed by atoms with E-state index in [1.165, 1.54) is 11.3 Å². The minimum Gasteiger partial charge on any atom is -0.451 e. The van der Waals surface area contributed by atoms with E-state index in [9.17, 15) is 14.4 Å². The third kappa shape index (κ3) is 5.76. The van der Waals surface area contributed by atoms with Crippen molar-refractivity contribution >= 4 is 34.8 Å². The van der Waals surface area contributed by atoms with Gasteiger partial charge in [0.05, 0.1) is 11.3 Å². The van der Waals surface area contributed by atoms with Gasteiger partial charge in [-0.2, -0.15) is 0 Å². The Bertz CT molecular complexity index is 998. The van der Waals surface area contributed by atoms with Crippen molar-refractivity contribution in [3.63, 3.8) is 0 Å². The molecule has 2 N–H and O–H groups in total. The molecule has 0 bridgehead atoms. The molecular formula is C22H20N2O4S. The fraction of sp³-hybridized carbons (Fsp3) is 0.136. The molecule has 1 heterocycles. The second-order valence-corrected chi connectivity index (χ2v) is 7.26. The zero-order valence-corrected chi connectivity index (χ0v) is 16.6. The number of thiophene rings is 1. The summed E-state index contributed by atoms with van der Waals surface area (Å²) in [5, 5.41) is 7.22. The zero-order valence-electron chi connectivity index (χ0n) is 15.8. The Kier molecular flexibility index (Phi) is 6.76. The van der Waals surface area contributed by atoms with Crippen LogP contribution < -0.4 is 10.6 Å². The molecule has 3 rings (SSSR count). The molecular weight excluding hydrogens is 388 g/mol. The largest absolute Gasteiger partial charge is 0.451 e. The van der Waals surface area contributed by atoms with Crippen molar-refractivity contribution in [3.05, 3.63) is 87.6 Å². The third-order valence-corrected chi connectivity index (χ3v) is 4.93. The number of benzene rings is 2.